The van der Waals surface area contributed by atoms with Crippen molar-refractivity contribution in [3.8, 4) is 0 Å². The molecule has 0 spiro atoms. The molecule has 0 atom stereocenters. The first-order valence-corrected chi connectivity index (χ1v) is 9.32. The summed E-state index contributed by atoms with van der Waals surface area (Å²) in [5, 5.41) is 3.73. The largest absolute Gasteiger partial charge is 0.462 e. The average Bonchev–Trinajstić information content (AvgIpc) is 2.77. The standard InChI is InChI=1S/C12H19N3O4S2/c1-3-19-12(16)9-8(13)10(21(2,17)18)11(20-9)15-6-4-14-5-7-15/h14H,3-7,13H2,1-2H3. The first kappa shape index (κ1) is 16.1. The van der Waals surface area contributed by atoms with E-state index in [2.05, 4.69) is 5.32 Å². The number of ether oxygens (including phenoxy) is 1. The van der Waals surface area contributed by atoms with Crippen molar-refractivity contribution in [2.45, 2.75) is 11.8 Å². The number of nitrogens with one attached hydrogen (secondary N) is 1. The Morgan fingerprint density at radius 1 is 1.43 bits per heavy atom. The highest BCUT2D eigenvalue weighted by Gasteiger charge is 2.30. The average molecular weight is 333 g/mol. The highest BCUT2D eigenvalue weighted by molar-refractivity contribution is 7.91. The van der Waals surface area contributed by atoms with Crippen LogP contribution in [0.25, 0.3) is 0 Å². The number of carbonyl (C=O) groups excluding carboxylic acids is 1. The van der Waals surface area contributed by atoms with Crippen molar-refractivity contribution in [2.24, 2.45) is 0 Å². The molecule has 1 aromatic heterocycles. The van der Waals surface area contributed by atoms with Crippen LogP contribution in [0, 0.1) is 0 Å². The van der Waals surface area contributed by atoms with Gasteiger partial charge in [-0.1, -0.05) is 0 Å². The second-order valence-electron chi connectivity index (χ2n) is 4.71. The van der Waals surface area contributed by atoms with Crippen LogP contribution in [-0.2, 0) is 14.6 Å². The zero-order chi connectivity index (χ0) is 15.6. The Labute approximate surface area is 128 Å². The first-order valence-electron chi connectivity index (χ1n) is 6.61. The van der Waals surface area contributed by atoms with Crippen molar-refractivity contribution in [1.29, 1.82) is 0 Å². The number of hydrogen-bond donors (Lipinski definition) is 2. The Balaban J connectivity index is 2.52. The number of nitrogen functional groups attached to an aromatic ring is 1. The highest BCUT2D eigenvalue weighted by atomic mass is 32.2. The van der Waals surface area contributed by atoms with Crippen molar-refractivity contribution >= 4 is 37.8 Å². The summed E-state index contributed by atoms with van der Waals surface area (Å²) in [6.45, 7) is 4.77. The second-order valence-corrected chi connectivity index (χ2v) is 7.66. The molecule has 9 heteroatoms. The summed E-state index contributed by atoms with van der Waals surface area (Å²) in [5.74, 6) is -0.578. The molecule has 118 valence electrons. The smallest absolute Gasteiger partial charge is 0.350 e. The van der Waals surface area contributed by atoms with E-state index in [1.54, 1.807) is 6.92 Å². The van der Waals surface area contributed by atoms with Crippen LogP contribution < -0.4 is 16.0 Å². The Kier molecular flexibility index (Phi) is 4.74. The number of hydrogen-bond acceptors (Lipinski definition) is 8. The van der Waals surface area contributed by atoms with Crippen molar-refractivity contribution in [1.82, 2.24) is 5.32 Å². The van der Waals surface area contributed by atoms with Gasteiger partial charge in [0.2, 0.25) is 0 Å². The quantitative estimate of drug-likeness (QED) is 0.765. The number of piperazine rings is 1. The van der Waals surface area contributed by atoms with Crippen LogP contribution in [0.3, 0.4) is 0 Å². The van der Waals surface area contributed by atoms with Crippen LogP contribution in [0.4, 0.5) is 10.7 Å². The van der Waals surface area contributed by atoms with Crippen molar-refractivity contribution in [3.05, 3.63) is 4.88 Å². The molecule has 1 aliphatic rings. The number of rotatable bonds is 4. The summed E-state index contributed by atoms with van der Waals surface area (Å²) >= 11 is 1.09. The summed E-state index contributed by atoms with van der Waals surface area (Å²) < 4.78 is 29.0. The third-order valence-electron chi connectivity index (χ3n) is 3.12. The summed E-state index contributed by atoms with van der Waals surface area (Å²) in [7, 11) is -3.53. The lowest BCUT2D eigenvalue weighted by Gasteiger charge is -2.28. The Bertz CT molecular complexity index is 633. The van der Waals surface area contributed by atoms with E-state index in [1.165, 1.54) is 0 Å². The maximum atomic E-state index is 12.0. The number of esters is 1. The molecule has 0 saturated carbocycles. The van der Waals surface area contributed by atoms with Gasteiger partial charge in [0, 0.05) is 32.4 Å². The van der Waals surface area contributed by atoms with E-state index in [4.69, 9.17) is 10.5 Å². The van der Waals surface area contributed by atoms with Gasteiger partial charge < -0.3 is 20.7 Å². The maximum Gasteiger partial charge on any atom is 0.350 e. The predicted octanol–water partition coefficient (Wildman–Crippen LogP) is 0.320. The second kappa shape index (κ2) is 6.20. The molecule has 2 heterocycles. The summed E-state index contributed by atoms with van der Waals surface area (Å²) in [4.78, 5) is 14.1. The molecular formula is C12H19N3O4S2. The summed E-state index contributed by atoms with van der Waals surface area (Å²) in [6.07, 6.45) is 1.10. The van der Waals surface area contributed by atoms with Crippen LogP contribution in [0.15, 0.2) is 4.90 Å². The number of anilines is 2. The van der Waals surface area contributed by atoms with Crippen LogP contribution >= 0.6 is 11.3 Å². The number of carbonyl (C=O) groups is 1. The van der Waals surface area contributed by atoms with Gasteiger partial charge in [-0.15, -0.1) is 11.3 Å². The summed E-state index contributed by atoms with van der Waals surface area (Å²) in [6, 6.07) is 0. The van der Waals surface area contributed by atoms with Gasteiger partial charge in [0.25, 0.3) is 0 Å². The van der Waals surface area contributed by atoms with E-state index in [9.17, 15) is 13.2 Å². The normalized spacial score (nSPS) is 16.0. The molecule has 21 heavy (non-hydrogen) atoms. The topological polar surface area (TPSA) is 102 Å². The molecular weight excluding hydrogens is 314 g/mol. The van der Waals surface area contributed by atoms with E-state index < -0.39 is 15.8 Å². The van der Waals surface area contributed by atoms with E-state index in [0.29, 0.717) is 18.1 Å². The Morgan fingerprint density at radius 3 is 2.57 bits per heavy atom. The van der Waals surface area contributed by atoms with E-state index in [1.807, 2.05) is 4.90 Å². The fourth-order valence-corrected chi connectivity index (χ4v) is 4.85. The van der Waals surface area contributed by atoms with Gasteiger partial charge in [-0.25, -0.2) is 13.2 Å². The van der Waals surface area contributed by atoms with Gasteiger partial charge in [-0.05, 0) is 6.92 Å². The van der Waals surface area contributed by atoms with Gasteiger partial charge in [0.1, 0.15) is 14.8 Å². The number of thiophene rings is 1. The summed E-state index contributed by atoms with van der Waals surface area (Å²) in [5.41, 5.74) is 5.91. The van der Waals surface area contributed by atoms with Crippen LogP contribution in [-0.4, -0.2) is 53.4 Å². The van der Waals surface area contributed by atoms with Crippen molar-refractivity contribution in [3.63, 3.8) is 0 Å². The molecule has 3 N–H and O–H groups in total. The number of nitrogens with zero attached hydrogens (tertiary/aromatic N) is 1. The zero-order valence-corrected chi connectivity index (χ0v) is 13.6. The molecule has 1 fully saturated rings. The third kappa shape index (κ3) is 3.30. The maximum absolute atomic E-state index is 12.0. The molecule has 0 unspecified atom stereocenters. The van der Waals surface area contributed by atoms with Crippen LogP contribution in [0.2, 0.25) is 0 Å². The lowest BCUT2D eigenvalue weighted by molar-refractivity contribution is 0.0533. The molecule has 7 nitrogen and oxygen atoms in total. The van der Waals surface area contributed by atoms with Gasteiger partial charge in [0.15, 0.2) is 9.84 Å². The SMILES string of the molecule is CCOC(=O)c1sc(N2CCNCC2)c(S(C)(=O)=O)c1N. The third-order valence-corrected chi connectivity index (χ3v) is 5.65. The minimum Gasteiger partial charge on any atom is -0.462 e. The Hall–Kier alpha value is -1.32. The fraction of sp³-hybridized carbons (Fsp3) is 0.583. The Morgan fingerprint density at radius 2 is 2.05 bits per heavy atom. The lowest BCUT2D eigenvalue weighted by Crippen LogP contribution is -2.43. The lowest BCUT2D eigenvalue weighted by atomic mass is 10.3. The molecule has 1 aromatic rings. The van der Waals surface area contributed by atoms with Gasteiger partial charge >= 0.3 is 5.97 Å². The van der Waals surface area contributed by atoms with Crippen molar-refractivity contribution < 1.29 is 17.9 Å². The minimum absolute atomic E-state index is 0.00511. The molecule has 0 bridgehead atoms. The molecule has 0 amide bonds. The molecule has 1 saturated heterocycles. The molecule has 0 aliphatic carbocycles. The predicted molar refractivity (Wildman–Crippen MR) is 82.9 cm³/mol. The number of nitrogens with two attached hydrogens (primary N) is 1. The van der Waals surface area contributed by atoms with Gasteiger partial charge in [-0.3, -0.25) is 0 Å². The number of sulfone groups is 1. The molecule has 0 radical (unpaired) electrons. The first-order chi connectivity index (χ1) is 9.86. The zero-order valence-electron chi connectivity index (χ0n) is 12.0. The molecule has 2 rings (SSSR count). The highest BCUT2D eigenvalue weighted by Crippen LogP contribution is 2.41. The van der Waals surface area contributed by atoms with Crippen LogP contribution in [0.5, 0.6) is 0 Å². The van der Waals surface area contributed by atoms with Gasteiger partial charge in [-0.2, -0.15) is 0 Å². The van der Waals surface area contributed by atoms with E-state index in [0.717, 1.165) is 30.7 Å². The monoisotopic (exact) mass is 333 g/mol. The fourth-order valence-electron chi connectivity index (χ4n) is 2.20. The van der Waals surface area contributed by atoms with E-state index >= 15 is 0 Å². The van der Waals surface area contributed by atoms with Crippen LogP contribution in [0.1, 0.15) is 16.6 Å². The van der Waals surface area contributed by atoms with Gasteiger partial charge in [0.05, 0.1) is 12.3 Å². The molecule has 0 aromatic carbocycles. The molecule has 1 aliphatic heterocycles. The van der Waals surface area contributed by atoms with E-state index in [-0.39, 0.29) is 22.1 Å². The minimum atomic E-state index is -3.53. The van der Waals surface area contributed by atoms with Crippen molar-refractivity contribution in [2.75, 3.05) is 49.7 Å².